The Morgan fingerprint density at radius 3 is 2.86 bits per heavy atom. The van der Waals surface area contributed by atoms with E-state index < -0.39 is 0 Å². The second-order valence-electron chi connectivity index (χ2n) is 3.37. The maximum atomic E-state index is 11.7. The van der Waals surface area contributed by atoms with Crippen LogP contribution in [0.4, 0.5) is 0 Å². The Morgan fingerprint density at radius 2 is 1.93 bits per heavy atom. The van der Waals surface area contributed by atoms with Crippen LogP contribution >= 0.6 is 0 Å². The molecule has 0 atom stereocenters. The summed E-state index contributed by atoms with van der Waals surface area (Å²) in [7, 11) is 0. The summed E-state index contributed by atoms with van der Waals surface area (Å²) in [6.07, 6.45) is 0. The number of hydrogen-bond acceptors (Lipinski definition) is 1. The number of fused-ring (bicyclic) bond motifs is 3. The molecule has 68 valence electrons. The SMILES string of the molecule is O=C1C[Se]c2ccc3ccccc3c21. The number of hydrogen-bond donors (Lipinski definition) is 0. The monoisotopic (exact) mass is 248 g/mol. The Kier molecular flexibility index (Phi) is 1.73. The zero-order valence-corrected chi connectivity index (χ0v) is 9.20. The Hall–Kier alpha value is -1.11. The van der Waals surface area contributed by atoms with E-state index in [1.54, 1.807) is 0 Å². The fraction of sp³-hybridized carbons (Fsp3) is 0.0833. The molecule has 0 spiro atoms. The fourth-order valence-corrected chi connectivity index (χ4v) is 3.90. The molecule has 2 aromatic carbocycles. The van der Waals surface area contributed by atoms with Crippen molar-refractivity contribution in [3.05, 3.63) is 42.0 Å². The van der Waals surface area contributed by atoms with Crippen LogP contribution in [0.3, 0.4) is 0 Å². The molecule has 0 saturated heterocycles. The van der Waals surface area contributed by atoms with E-state index in [0.29, 0.717) is 20.7 Å². The van der Waals surface area contributed by atoms with E-state index in [4.69, 9.17) is 0 Å². The zero-order chi connectivity index (χ0) is 9.54. The molecule has 14 heavy (non-hydrogen) atoms. The molecule has 0 amide bonds. The van der Waals surface area contributed by atoms with Crippen LogP contribution in [0.1, 0.15) is 10.4 Å². The summed E-state index contributed by atoms with van der Waals surface area (Å²) in [5, 5.41) is 3.06. The molecule has 0 bridgehead atoms. The first-order valence-corrected chi connectivity index (χ1v) is 6.61. The van der Waals surface area contributed by atoms with Crippen molar-refractivity contribution in [3.63, 3.8) is 0 Å². The third kappa shape index (κ3) is 1.05. The third-order valence-corrected chi connectivity index (χ3v) is 4.75. The van der Waals surface area contributed by atoms with Gasteiger partial charge in [0.25, 0.3) is 0 Å². The van der Waals surface area contributed by atoms with Crippen LogP contribution in [0.2, 0.25) is 5.32 Å². The van der Waals surface area contributed by atoms with Gasteiger partial charge < -0.3 is 0 Å². The summed E-state index contributed by atoms with van der Waals surface area (Å²) in [6.45, 7) is 0. The molecule has 0 N–H and O–H groups in total. The summed E-state index contributed by atoms with van der Waals surface area (Å²) in [5.74, 6) is 0.330. The number of ketones is 1. The van der Waals surface area contributed by atoms with Crippen LogP contribution in [0, 0.1) is 0 Å². The summed E-state index contributed by atoms with van der Waals surface area (Å²) >= 11 is 0.371. The Bertz CT molecular complexity index is 531. The van der Waals surface area contributed by atoms with Crippen molar-refractivity contribution in [2.45, 2.75) is 5.32 Å². The number of rotatable bonds is 0. The van der Waals surface area contributed by atoms with Crippen LogP contribution < -0.4 is 4.46 Å². The van der Waals surface area contributed by atoms with Crippen LogP contribution in [0.15, 0.2) is 36.4 Å². The van der Waals surface area contributed by atoms with Crippen LogP contribution in [-0.4, -0.2) is 20.7 Å². The first-order valence-electron chi connectivity index (χ1n) is 4.54. The molecule has 0 aliphatic carbocycles. The number of carbonyl (C=O) groups excluding carboxylic acids is 1. The second-order valence-corrected chi connectivity index (χ2v) is 5.51. The van der Waals surface area contributed by atoms with Gasteiger partial charge in [0.1, 0.15) is 0 Å². The zero-order valence-electron chi connectivity index (χ0n) is 7.49. The van der Waals surface area contributed by atoms with Crippen molar-refractivity contribution in [2.75, 3.05) is 0 Å². The van der Waals surface area contributed by atoms with Gasteiger partial charge in [-0.05, 0) is 0 Å². The van der Waals surface area contributed by atoms with Crippen LogP contribution in [0.25, 0.3) is 10.8 Å². The van der Waals surface area contributed by atoms with E-state index in [2.05, 4.69) is 18.2 Å². The van der Waals surface area contributed by atoms with E-state index in [0.717, 1.165) is 16.3 Å². The minimum absolute atomic E-state index is 0.330. The van der Waals surface area contributed by atoms with Gasteiger partial charge in [-0.15, -0.1) is 0 Å². The van der Waals surface area contributed by atoms with Gasteiger partial charge in [0.2, 0.25) is 0 Å². The molecule has 0 fully saturated rings. The first-order chi connectivity index (χ1) is 6.86. The number of benzene rings is 2. The first kappa shape index (κ1) is 8.22. The predicted molar refractivity (Wildman–Crippen MR) is 58.5 cm³/mol. The Morgan fingerprint density at radius 1 is 1.07 bits per heavy atom. The van der Waals surface area contributed by atoms with Gasteiger partial charge >= 0.3 is 88.0 Å². The number of Topliss-reactive ketones (excluding diaryl/α,β-unsaturated/α-hetero) is 1. The quantitative estimate of drug-likeness (QED) is 0.648. The van der Waals surface area contributed by atoms with Gasteiger partial charge in [0, 0.05) is 0 Å². The molecule has 1 aliphatic heterocycles. The molecule has 0 radical (unpaired) electrons. The molecule has 1 nitrogen and oxygen atoms in total. The molecular weight excluding hydrogens is 239 g/mol. The summed E-state index contributed by atoms with van der Waals surface area (Å²) in [4.78, 5) is 11.7. The summed E-state index contributed by atoms with van der Waals surface area (Å²) < 4.78 is 1.28. The molecule has 2 heteroatoms. The number of carbonyl (C=O) groups is 1. The topological polar surface area (TPSA) is 17.1 Å². The molecule has 0 saturated carbocycles. The normalized spacial score (nSPS) is 14.7. The van der Waals surface area contributed by atoms with Crippen molar-refractivity contribution in [3.8, 4) is 0 Å². The molecular formula is C12H8OSe. The van der Waals surface area contributed by atoms with E-state index >= 15 is 0 Å². The average molecular weight is 247 g/mol. The van der Waals surface area contributed by atoms with Gasteiger partial charge in [0.15, 0.2) is 0 Å². The van der Waals surface area contributed by atoms with Gasteiger partial charge in [-0.25, -0.2) is 0 Å². The van der Waals surface area contributed by atoms with Gasteiger partial charge in [0.05, 0.1) is 0 Å². The fourth-order valence-electron chi connectivity index (χ4n) is 1.87. The van der Waals surface area contributed by atoms with Crippen LogP contribution in [-0.2, 0) is 0 Å². The molecule has 0 aromatic heterocycles. The summed E-state index contributed by atoms with van der Waals surface area (Å²) in [6, 6.07) is 12.4. The van der Waals surface area contributed by atoms with E-state index in [1.165, 1.54) is 9.85 Å². The Balaban J connectivity index is 2.47. The molecule has 3 rings (SSSR count). The summed E-state index contributed by atoms with van der Waals surface area (Å²) in [5.41, 5.74) is 0.989. The van der Waals surface area contributed by atoms with Crippen molar-refractivity contribution >= 4 is 36.0 Å². The van der Waals surface area contributed by atoms with Crippen LogP contribution in [0.5, 0.6) is 0 Å². The van der Waals surface area contributed by atoms with E-state index in [1.807, 2.05) is 18.2 Å². The molecule has 0 unspecified atom stereocenters. The van der Waals surface area contributed by atoms with Crippen molar-refractivity contribution in [1.29, 1.82) is 0 Å². The van der Waals surface area contributed by atoms with Gasteiger partial charge in [-0.3, -0.25) is 0 Å². The van der Waals surface area contributed by atoms with E-state index in [9.17, 15) is 4.79 Å². The van der Waals surface area contributed by atoms with E-state index in [-0.39, 0.29) is 0 Å². The minimum atomic E-state index is 0.330. The third-order valence-electron chi connectivity index (χ3n) is 2.53. The standard InChI is InChI=1S/C12H8OSe/c13-10-7-14-11-6-5-8-3-1-2-4-9(8)12(10)11/h1-6H,7H2. The molecule has 1 aliphatic rings. The van der Waals surface area contributed by atoms with Crippen molar-refractivity contribution in [1.82, 2.24) is 0 Å². The Labute approximate surface area is 88.3 Å². The molecule has 1 heterocycles. The van der Waals surface area contributed by atoms with Gasteiger partial charge in [-0.2, -0.15) is 0 Å². The van der Waals surface area contributed by atoms with Crippen molar-refractivity contribution < 1.29 is 4.79 Å². The van der Waals surface area contributed by atoms with Crippen molar-refractivity contribution in [2.24, 2.45) is 0 Å². The molecule has 2 aromatic rings. The van der Waals surface area contributed by atoms with Gasteiger partial charge in [-0.1, -0.05) is 0 Å². The predicted octanol–water partition coefficient (Wildman–Crippen LogP) is 1.78. The average Bonchev–Trinajstić information content (AvgIpc) is 2.61. The second kappa shape index (κ2) is 2.94. The maximum absolute atomic E-state index is 11.7.